The molecule has 1 aliphatic rings. The maximum atomic E-state index is 10.3. The van der Waals surface area contributed by atoms with Crippen molar-refractivity contribution in [2.75, 3.05) is 27.3 Å². The lowest BCUT2D eigenvalue weighted by Crippen LogP contribution is -3.00. The maximum Gasteiger partial charge on any atom is 0.129 e. The summed E-state index contributed by atoms with van der Waals surface area (Å²) in [7, 11) is 3.37. The summed E-state index contributed by atoms with van der Waals surface area (Å²) in [5.74, 6) is 1.62. The Bertz CT molecular complexity index is 1290. The number of quaternary nitrogens is 1. The van der Waals surface area contributed by atoms with Gasteiger partial charge in [-0.1, -0.05) is 31.9 Å². The molecule has 1 fully saturated rings. The molecule has 3 heterocycles. The number of halogens is 3. The van der Waals surface area contributed by atoms with Crippen molar-refractivity contribution in [3.8, 4) is 32.6 Å². The highest BCUT2D eigenvalue weighted by Gasteiger charge is 2.35. The van der Waals surface area contributed by atoms with Gasteiger partial charge in [0.25, 0.3) is 0 Å². The molecule has 4 aromatic rings. The summed E-state index contributed by atoms with van der Waals surface area (Å²) in [5.41, 5.74) is 4.09. The summed E-state index contributed by atoms with van der Waals surface area (Å²) in [6.45, 7) is 3.38. The first-order valence-corrected chi connectivity index (χ1v) is 15.3. The number of hydrogen-bond donors (Lipinski definition) is 1. The molecular formula is C27H28Br2ClN3O3S2. The van der Waals surface area contributed by atoms with Crippen LogP contribution in [-0.2, 0) is 13.1 Å². The molecule has 2 aromatic carbocycles. The molecule has 0 aliphatic carbocycles. The third kappa shape index (κ3) is 6.60. The van der Waals surface area contributed by atoms with E-state index in [0.29, 0.717) is 0 Å². The van der Waals surface area contributed by atoms with Crippen LogP contribution in [0, 0.1) is 0 Å². The molecule has 6 nitrogen and oxygen atoms in total. The zero-order valence-corrected chi connectivity index (χ0v) is 26.6. The lowest BCUT2D eigenvalue weighted by atomic mass is 10.0. The number of nitrogens with zero attached hydrogens (tertiary/aromatic N) is 3. The molecule has 0 radical (unpaired) electrons. The molecule has 0 unspecified atom stereocenters. The second-order valence-electron chi connectivity index (χ2n) is 9.31. The van der Waals surface area contributed by atoms with Gasteiger partial charge in [0.05, 0.1) is 44.5 Å². The molecule has 11 heteroatoms. The zero-order chi connectivity index (χ0) is 26.0. The fourth-order valence-corrected chi connectivity index (χ4v) is 7.25. The Kier molecular flexibility index (Phi) is 9.89. The van der Waals surface area contributed by atoms with E-state index < -0.39 is 0 Å². The molecular weight excluding hydrogens is 674 g/mol. The quantitative estimate of drug-likeness (QED) is 0.280. The minimum absolute atomic E-state index is 0. The summed E-state index contributed by atoms with van der Waals surface area (Å²) < 4.78 is 14.0. The number of methoxy groups -OCH3 is 2. The number of ether oxygens (including phenoxy) is 2. The van der Waals surface area contributed by atoms with Gasteiger partial charge < -0.3 is 31.5 Å². The average molecular weight is 702 g/mol. The van der Waals surface area contributed by atoms with Crippen LogP contribution in [0.5, 0.6) is 11.5 Å². The standard InChI is InChI=1S/C27H28Br2N3O3S2.ClH/c1-34-24-5-3-17(28)11-22(24)26-30-19(15-36-26)13-32(9-7-21(33)8-10-32)14-20-16-37-27(31-20)23-12-18(29)4-6-25(23)35-2;/h3-6,11-12,15-16,21,33H,7-10,13-14H2,1-2H3;1H/q+1;/p-1. The van der Waals surface area contributed by atoms with Gasteiger partial charge >= 0.3 is 0 Å². The highest BCUT2D eigenvalue weighted by Crippen LogP contribution is 2.37. The van der Waals surface area contributed by atoms with Gasteiger partial charge in [-0.3, -0.25) is 0 Å². The summed E-state index contributed by atoms with van der Waals surface area (Å²) in [6, 6.07) is 12.0. The fourth-order valence-electron chi connectivity index (χ4n) is 4.86. The van der Waals surface area contributed by atoms with Gasteiger partial charge in [-0.2, -0.15) is 0 Å². The normalized spacial score (nSPS) is 15.2. The number of aliphatic hydroxyl groups is 1. The lowest BCUT2D eigenvalue weighted by molar-refractivity contribution is -0.959. The third-order valence-electron chi connectivity index (χ3n) is 6.76. The molecule has 2 aromatic heterocycles. The van der Waals surface area contributed by atoms with Crippen molar-refractivity contribution in [1.29, 1.82) is 0 Å². The van der Waals surface area contributed by atoms with E-state index in [1.54, 1.807) is 36.9 Å². The Hall–Kier alpha value is -1.53. The van der Waals surface area contributed by atoms with Gasteiger partial charge in [0, 0.05) is 32.5 Å². The fraction of sp³-hybridized carbons (Fsp3) is 0.333. The van der Waals surface area contributed by atoms with Crippen molar-refractivity contribution in [2.24, 2.45) is 0 Å². The van der Waals surface area contributed by atoms with E-state index in [4.69, 9.17) is 19.4 Å². The van der Waals surface area contributed by atoms with Crippen molar-refractivity contribution < 1.29 is 31.5 Å². The number of piperidine rings is 1. The molecule has 0 amide bonds. The zero-order valence-electron chi connectivity index (χ0n) is 21.0. The lowest BCUT2D eigenvalue weighted by Gasteiger charge is -2.42. The van der Waals surface area contributed by atoms with Gasteiger partial charge in [-0.25, -0.2) is 9.97 Å². The summed E-state index contributed by atoms with van der Waals surface area (Å²) in [6.07, 6.45) is 1.33. The highest BCUT2D eigenvalue weighted by molar-refractivity contribution is 9.10. The molecule has 38 heavy (non-hydrogen) atoms. The van der Waals surface area contributed by atoms with Gasteiger partial charge in [-0.15, -0.1) is 22.7 Å². The Morgan fingerprint density at radius 1 is 0.842 bits per heavy atom. The van der Waals surface area contributed by atoms with Crippen LogP contribution in [0.3, 0.4) is 0 Å². The third-order valence-corrected chi connectivity index (χ3v) is 9.59. The van der Waals surface area contributed by atoms with E-state index in [1.807, 2.05) is 24.3 Å². The van der Waals surface area contributed by atoms with Gasteiger partial charge in [0.2, 0.25) is 0 Å². The van der Waals surface area contributed by atoms with Crippen LogP contribution in [0.1, 0.15) is 24.2 Å². The predicted octanol–water partition coefficient (Wildman–Crippen LogP) is 4.15. The van der Waals surface area contributed by atoms with Crippen LogP contribution < -0.4 is 21.9 Å². The molecule has 1 aliphatic heterocycles. The van der Waals surface area contributed by atoms with Gasteiger partial charge in [0.1, 0.15) is 46.0 Å². The Morgan fingerprint density at radius 3 is 1.71 bits per heavy atom. The van der Waals surface area contributed by atoms with Crippen LogP contribution >= 0.6 is 54.5 Å². The Balaban J connectivity index is 0.00000336. The number of hydrogen-bond acceptors (Lipinski definition) is 7. The monoisotopic (exact) mass is 699 g/mol. The largest absolute Gasteiger partial charge is 1.00 e. The molecule has 1 N–H and O–H groups in total. The van der Waals surface area contributed by atoms with Crippen LogP contribution in [0.2, 0.25) is 0 Å². The Morgan fingerprint density at radius 2 is 1.29 bits per heavy atom. The maximum absolute atomic E-state index is 10.3. The summed E-state index contributed by atoms with van der Waals surface area (Å²) in [4.78, 5) is 10.0. The topological polar surface area (TPSA) is 64.5 Å². The van der Waals surface area contributed by atoms with E-state index in [0.717, 1.165) is 96.5 Å². The van der Waals surface area contributed by atoms with Crippen LogP contribution in [0.15, 0.2) is 56.1 Å². The minimum Gasteiger partial charge on any atom is -1.00 e. The molecule has 1 saturated heterocycles. The van der Waals surface area contributed by atoms with Gasteiger partial charge in [-0.05, 0) is 36.4 Å². The van der Waals surface area contributed by atoms with Crippen molar-refractivity contribution in [2.45, 2.75) is 32.0 Å². The number of likely N-dealkylation sites (tertiary alicyclic amines) is 1. The summed E-state index contributed by atoms with van der Waals surface area (Å²) >= 11 is 10.4. The summed E-state index contributed by atoms with van der Waals surface area (Å²) in [5, 5.41) is 16.5. The minimum atomic E-state index is -0.236. The van der Waals surface area contributed by atoms with E-state index in [2.05, 4.69) is 54.8 Å². The number of thiazole rings is 2. The van der Waals surface area contributed by atoms with Gasteiger partial charge in [0.15, 0.2) is 0 Å². The van der Waals surface area contributed by atoms with Crippen molar-refractivity contribution in [3.63, 3.8) is 0 Å². The second-order valence-corrected chi connectivity index (χ2v) is 12.9. The van der Waals surface area contributed by atoms with E-state index in [-0.39, 0.29) is 18.5 Å². The van der Waals surface area contributed by atoms with Crippen molar-refractivity contribution in [3.05, 3.63) is 67.5 Å². The van der Waals surface area contributed by atoms with Crippen molar-refractivity contribution >= 4 is 54.5 Å². The van der Waals surface area contributed by atoms with Crippen LogP contribution in [0.4, 0.5) is 0 Å². The Labute approximate surface area is 253 Å². The van der Waals surface area contributed by atoms with E-state index >= 15 is 0 Å². The number of aromatic nitrogens is 2. The highest BCUT2D eigenvalue weighted by atomic mass is 79.9. The number of benzene rings is 2. The van der Waals surface area contributed by atoms with Crippen LogP contribution in [0.25, 0.3) is 21.1 Å². The molecule has 0 atom stereocenters. The molecule has 202 valence electrons. The molecule has 0 spiro atoms. The molecule has 5 rings (SSSR count). The first-order chi connectivity index (χ1) is 17.9. The number of rotatable bonds is 8. The second kappa shape index (κ2) is 12.8. The first-order valence-electron chi connectivity index (χ1n) is 12.0. The predicted molar refractivity (Wildman–Crippen MR) is 156 cm³/mol. The number of aliphatic hydroxyl groups excluding tert-OH is 1. The smallest absolute Gasteiger partial charge is 0.129 e. The van der Waals surface area contributed by atoms with E-state index in [9.17, 15) is 5.11 Å². The molecule has 0 saturated carbocycles. The van der Waals surface area contributed by atoms with Crippen molar-refractivity contribution in [1.82, 2.24) is 9.97 Å². The first kappa shape index (κ1) is 29.5. The van der Waals surface area contributed by atoms with Crippen LogP contribution in [-0.4, -0.2) is 53.0 Å². The van der Waals surface area contributed by atoms with E-state index in [1.165, 1.54) is 0 Å². The average Bonchev–Trinajstić information content (AvgIpc) is 3.55. The SMILES string of the molecule is COc1ccc(Br)cc1-c1nc(C[N+]2(Cc3csc(-c4cc(Br)ccc4OC)n3)CCC(O)CC2)cs1.[Cl-]. The molecule has 0 bridgehead atoms.